The molecule has 0 unspecified atom stereocenters. The Kier molecular flexibility index (Phi) is 2.76. The molecule has 0 aliphatic heterocycles. The van der Waals surface area contributed by atoms with Gasteiger partial charge in [-0.05, 0) is 30.2 Å². The average molecular weight is 258 g/mol. The summed E-state index contributed by atoms with van der Waals surface area (Å²) in [6, 6.07) is 13.9. The second-order valence-corrected chi connectivity index (χ2v) is 4.64. The van der Waals surface area contributed by atoms with E-state index in [1.165, 1.54) is 11.1 Å². The van der Waals surface area contributed by atoms with Crippen molar-refractivity contribution in [3.8, 4) is 0 Å². The third-order valence-electron chi connectivity index (χ3n) is 2.97. The molecule has 0 saturated carbocycles. The quantitative estimate of drug-likeness (QED) is 0.660. The second kappa shape index (κ2) is 4.42. The minimum Gasteiger partial charge on any atom is -0.212 e. The van der Waals surface area contributed by atoms with E-state index in [1.54, 1.807) is 10.6 Å². The molecule has 0 amide bonds. The summed E-state index contributed by atoms with van der Waals surface area (Å²) in [5.41, 5.74) is 3.28. The lowest BCUT2D eigenvalue weighted by Gasteiger charge is -2.01. The Morgan fingerprint density at radius 3 is 2.72 bits per heavy atom. The fourth-order valence-corrected chi connectivity index (χ4v) is 2.17. The molecule has 0 aliphatic rings. The lowest BCUT2D eigenvalue weighted by Crippen LogP contribution is -1.94. The topological polar surface area (TPSA) is 30.2 Å². The molecule has 90 valence electrons. The van der Waals surface area contributed by atoms with Crippen molar-refractivity contribution in [3.63, 3.8) is 0 Å². The monoisotopic (exact) mass is 257 g/mol. The summed E-state index contributed by atoms with van der Waals surface area (Å²) >= 11 is 6.07. The lowest BCUT2D eigenvalue weighted by atomic mass is 10.1. The highest BCUT2D eigenvalue weighted by atomic mass is 35.5. The number of rotatable bonds is 2. The molecule has 0 N–H and O–H groups in total. The summed E-state index contributed by atoms with van der Waals surface area (Å²) < 4.78 is 1.66. The van der Waals surface area contributed by atoms with E-state index in [2.05, 4.69) is 29.1 Å². The molecular formula is C14H12ClN3. The maximum absolute atomic E-state index is 6.07. The molecule has 0 spiro atoms. The van der Waals surface area contributed by atoms with Crippen LogP contribution in [0.4, 0.5) is 0 Å². The molecule has 0 radical (unpaired) electrons. The Morgan fingerprint density at radius 1 is 1.11 bits per heavy atom. The van der Waals surface area contributed by atoms with Crippen LogP contribution >= 0.6 is 11.6 Å². The number of hydrogen-bond donors (Lipinski definition) is 0. The fourth-order valence-electron chi connectivity index (χ4n) is 1.97. The minimum atomic E-state index is 0.580. The third kappa shape index (κ3) is 1.97. The number of fused-ring (bicyclic) bond motifs is 1. The summed E-state index contributed by atoms with van der Waals surface area (Å²) in [6.07, 6.45) is 0.727. The normalized spacial score (nSPS) is 11.0. The van der Waals surface area contributed by atoms with Crippen LogP contribution in [-0.4, -0.2) is 14.6 Å². The van der Waals surface area contributed by atoms with Crippen LogP contribution in [0.15, 0.2) is 42.5 Å². The van der Waals surface area contributed by atoms with Gasteiger partial charge in [0, 0.05) is 6.42 Å². The predicted octanol–water partition coefficient (Wildman–Crippen LogP) is 3.28. The van der Waals surface area contributed by atoms with Crippen LogP contribution in [-0.2, 0) is 6.42 Å². The standard InChI is InChI=1S/C14H12ClN3/c1-10-5-2-3-6-11(10)9-13-16-14-8-4-7-12(15)18(14)17-13/h2-8H,9H2,1H3. The Morgan fingerprint density at radius 2 is 1.94 bits per heavy atom. The lowest BCUT2D eigenvalue weighted by molar-refractivity contribution is 0.898. The molecule has 0 aliphatic carbocycles. The first kappa shape index (κ1) is 11.2. The molecule has 4 heteroatoms. The fraction of sp³-hybridized carbons (Fsp3) is 0.143. The van der Waals surface area contributed by atoms with Gasteiger partial charge >= 0.3 is 0 Å². The number of halogens is 1. The molecule has 3 nitrogen and oxygen atoms in total. The molecule has 0 saturated heterocycles. The van der Waals surface area contributed by atoms with Crippen molar-refractivity contribution in [2.45, 2.75) is 13.3 Å². The SMILES string of the molecule is Cc1ccccc1Cc1nc2cccc(Cl)n2n1. The van der Waals surface area contributed by atoms with Crippen molar-refractivity contribution in [1.82, 2.24) is 14.6 Å². The van der Waals surface area contributed by atoms with Crippen LogP contribution in [0.5, 0.6) is 0 Å². The molecular weight excluding hydrogens is 246 g/mol. The average Bonchev–Trinajstić information content (AvgIpc) is 2.76. The second-order valence-electron chi connectivity index (χ2n) is 4.25. The number of nitrogens with zero attached hydrogens (tertiary/aromatic N) is 3. The highest BCUT2D eigenvalue weighted by molar-refractivity contribution is 6.29. The van der Waals surface area contributed by atoms with Gasteiger partial charge in [-0.2, -0.15) is 0 Å². The van der Waals surface area contributed by atoms with Crippen LogP contribution < -0.4 is 0 Å². The molecule has 0 bridgehead atoms. The first-order valence-corrected chi connectivity index (χ1v) is 6.16. The van der Waals surface area contributed by atoms with Crippen LogP contribution in [0, 0.1) is 6.92 Å². The van der Waals surface area contributed by atoms with E-state index in [-0.39, 0.29) is 0 Å². The van der Waals surface area contributed by atoms with Gasteiger partial charge in [0.1, 0.15) is 5.15 Å². The zero-order valence-corrected chi connectivity index (χ0v) is 10.7. The van der Waals surface area contributed by atoms with E-state index in [9.17, 15) is 0 Å². The molecule has 1 aromatic carbocycles. The molecule has 18 heavy (non-hydrogen) atoms. The first-order chi connectivity index (χ1) is 8.74. The largest absolute Gasteiger partial charge is 0.212 e. The van der Waals surface area contributed by atoms with Crippen molar-refractivity contribution < 1.29 is 0 Å². The van der Waals surface area contributed by atoms with Gasteiger partial charge < -0.3 is 0 Å². The van der Waals surface area contributed by atoms with E-state index in [4.69, 9.17) is 11.6 Å². The van der Waals surface area contributed by atoms with Gasteiger partial charge in [0.25, 0.3) is 0 Å². The maximum atomic E-state index is 6.07. The summed E-state index contributed by atoms with van der Waals surface area (Å²) in [5, 5.41) is 5.00. The number of pyridine rings is 1. The Hall–Kier alpha value is -1.87. The Labute approximate surface area is 110 Å². The first-order valence-electron chi connectivity index (χ1n) is 5.79. The van der Waals surface area contributed by atoms with Crippen molar-refractivity contribution in [2.24, 2.45) is 0 Å². The molecule has 3 aromatic rings. The maximum Gasteiger partial charge on any atom is 0.157 e. The van der Waals surface area contributed by atoms with Gasteiger partial charge in [-0.25, -0.2) is 9.50 Å². The van der Waals surface area contributed by atoms with E-state index in [0.717, 1.165) is 17.9 Å². The highest BCUT2D eigenvalue weighted by Crippen LogP contribution is 2.14. The smallest absolute Gasteiger partial charge is 0.157 e. The van der Waals surface area contributed by atoms with Crippen LogP contribution in [0.1, 0.15) is 17.0 Å². The van der Waals surface area contributed by atoms with E-state index in [1.807, 2.05) is 24.3 Å². The molecule has 3 rings (SSSR count). The van der Waals surface area contributed by atoms with Crippen LogP contribution in [0.25, 0.3) is 5.65 Å². The molecule has 2 heterocycles. The van der Waals surface area contributed by atoms with Gasteiger partial charge in [0.05, 0.1) is 0 Å². The van der Waals surface area contributed by atoms with Gasteiger partial charge in [-0.15, -0.1) is 5.10 Å². The van der Waals surface area contributed by atoms with Crippen molar-refractivity contribution in [1.29, 1.82) is 0 Å². The molecule has 0 atom stereocenters. The van der Waals surface area contributed by atoms with Crippen molar-refractivity contribution in [2.75, 3.05) is 0 Å². The van der Waals surface area contributed by atoms with Gasteiger partial charge in [0.15, 0.2) is 11.5 Å². The van der Waals surface area contributed by atoms with Crippen molar-refractivity contribution in [3.05, 3.63) is 64.6 Å². The van der Waals surface area contributed by atoms with Gasteiger partial charge in [-0.3, -0.25) is 0 Å². The molecule has 2 aromatic heterocycles. The van der Waals surface area contributed by atoms with Crippen LogP contribution in [0.3, 0.4) is 0 Å². The van der Waals surface area contributed by atoms with Gasteiger partial charge in [-0.1, -0.05) is 41.9 Å². The summed E-state index contributed by atoms with van der Waals surface area (Å²) in [4.78, 5) is 4.48. The number of aryl methyl sites for hydroxylation is 1. The van der Waals surface area contributed by atoms with Gasteiger partial charge in [0.2, 0.25) is 0 Å². The number of aromatic nitrogens is 3. The summed E-state index contributed by atoms with van der Waals surface area (Å²) in [6.45, 7) is 2.10. The van der Waals surface area contributed by atoms with E-state index >= 15 is 0 Å². The zero-order chi connectivity index (χ0) is 12.5. The highest BCUT2D eigenvalue weighted by Gasteiger charge is 2.07. The van der Waals surface area contributed by atoms with E-state index in [0.29, 0.717) is 5.15 Å². The zero-order valence-electron chi connectivity index (χ0n) is 9.97. The Bertz CT molecular complexity index is 703. The van der Waals surface area contributed by atoms with Crippen molar-refractivity contribution >= 4 is 17.2 Å². The summed E-state index contributed by atoms with van der Waals surface area (Å²) in [5.74, 6) is 0.789. The number of benzene rings is 1. The predicted molar refractivity (Wildman–Crippen MR) is 72.0 cm³/mol. The molecule has 0 fully saturated rings. The third-order valence-corrected chi connectivity index (χ3v) is 3.25. The minimum absolute atomic E-state index is 0.580. The van der Waals surface area contributed by atoms with E-state index < -0.39 is 0 Å². The Balaban J connectivity index is 2.01. The van der Waals surface area contributed by atoms with Crippen LogP contribution in [0.2, 0.25) is 5.15 Å². The summed E-state index contributed by atoms with van der Waals surface area (Å²) in [7, 11) is 0. The number of hydrogen-bond acceptors (Lipinski definition) is 2.